The maximum Gasteiger partial charge on any atom is 0.335 e. The van der Waals surface area contributed by atoms with Crippen molar-refractivity contribution in [2.24, 2.45) is 0 Å². The van der Waals surface area contributed by atoms with Gasteiger partial charge in [-0.1, -0.05) is 48.5 Å². The molecule has 0 heterocycles. The first-order valence-corrected chi connectivity index (χ1v) is 10.9. The topological polar surface area (TPSA) is 70.1 Å². The molecule has 0 atom stereocenters. The van der Waals surface area contributed by atoms with Crippen molar-refractivity contribution in [1.29, 1.82) is 0 Å². The highest BCUT2D eigenvalue weighted by molar-refractivity contribution is 5.98. The second-order valence-corrected chi connectivity index (χ2v) is 8.25. The van der Waals surface area contributed by atoms with E-state index in [2.05, 4.69) is 4.90 Å². The van der Waals surface area contributed by atoms with Crippen molar-refractivity contribution >= 4 is 28.7 Å². The van der Waals surface area contributed by atoms with Crippen LogP contribution in [0, 0.1) is 0 Å². The Morgan fingerprint density at radius 3 is 2.30 bits per heavy atom. The molecular formula is C27H30N2O4. The van der Waals surface area contributed by atoms with Gasteiger partial charge in [0.2, 0.25) is 0 Å². The smallest absolute Gasteiger partial charge is 0.335 e. The molecule has 172 valence electrons. The molecule has 0 saturated heterocycles. The molecule has 3 aromatic rings. The highest BCUT2D eigenvalue weighted by atomic mass is 16.5. The molecule has 0 aliphatic rings. The van der Waals surface area contributed by atoms with E-state index in [0.717, 1.165) is 29.3 Å². The van der Waals surface area contributed by atoms with Crippen LogP contribution >= 0.6 is 0 Å². The fourth-order valence-corrected chi connectivity index (χ4v) is 3.54. The summed E-state index contributed by atoms with van der Waals surface area (Å²) in [4.78, 5) is 28.2. The van der Waals surface area contributed by atoms with E-state index in [4.69, 9.17) is 9.84 Å². The summed E-state index contributed by atoms with van der Waals surface area (Å²) in [6.45, 7) is 1.62. The lowest BCUT2D eigenvalue weighted by atomic mass is 10.1. The summed E-state index contributed by atoms with van der Waals surface area (Å²) in [5.41, 5.74) is 1.44. The molecule has 0 unspecified atom stereocenters. The predicted molar refractivity (Wildman–Crippen MR) is 132 cm³/mol. The third kappa shape index (κ3) is 6.67. The van der Waals surface area contributed by atoms with Crippen LogP contribution < -0.4 is 4.74 Å². The Balaban J connectivity index is 1.84. The number of aromatic carboxylic acids is 1. The summed E-state index contributed by atoms with van der Waals surface area (Å²) < 4.78 is 6.11. The Morgan fingerprint density at radius 2 is 1.61 bits per heavy atom. The van der Waals surface area contributed by atoms with Crippen molar-refractivity contribution in [1.82, 2.24) is 9.80 Å². The summed E-state index contributed by atoms with van der Waals surface area (Å²) in [5, 5.41) is 11.2. The maximum atomic E-state index is 13.3. The standard InChI is InChI=1S/C27H30N2O4/c1-28(2)16-7-17-29(3)26(30)23(18-20-12-14-22(15-13-20)27(31)32)19-33-25-11-6-9-21-8-4-5-10-24(21)25/h4-6,8-15,18H,7,16-17,19H2,1-3H3,(H,31,32). The van der Waals surface area contributed by atoms with Gasteiger partial charge in [0.1, 0.15) is 12.4 Å². The molecule has 1 amide bonds. The first kappa shape index (κ1) is 24.0. The lowest BCUT2D eigenvalue weighted by molar-refractivity contribution is -0.126. The van der Waals surface area contributed by atoms with Gasteiger partial charge in [0.05, 0.1) is 11.1 Å². The van der Waals surface area contributed by atoms with E-state index in [9.17, 15) is 9.59 Å². The number of hydrogen-bond acceptors (Lipinski definition) is 4. The number of likely N-dealkylation sites (N-methyl/N-ethyl adjacent to an activating group) is 1. The van der Waals surface area contributed by atoms with Gasteiger partial charge in [-0.2, -0.15) is 0 Å². The molecule has 0 saturated carbocycles. The number of rotatable bonds is 10. The third-order valence-electron chi connectivity index (χ3n) is 5.35. The Labute approximate surface area is 194 Å². The summed E-state index contributed by atoms with van der Waals surface area (Å²) in [5.74, 6) is -0.388. The number of hydrogen-bond donors (Lipinski definition) is 1. The van der Waals surface area contributed by atoms with Crippen molar-refractivity contribution in [2.75, 3.05) is 40.8 Å². The molecule has 1 N–H and O–H groups in total. The first-order valence-electron chi connectivity index (χ1n) is 10.9. The van der Waals surface area contributed by atoms with Crippen molar-refractivity contribution in [3.8, 4) is 5.75 Å². The Hall–Kier alpha value is -3.64. The molecule has 3 aromatic carbocycles. The zero-order valence-electron chi connectivity index (χ0n) is 19.3. The fraction of sp³-hybridized carbons (Fsp3) is 0.259. The Kier molecular flexibility index (Phi) is 8.22. The molecule has 6 nitrogen and oxygen atoms in total. The predicted octanol–water partition coefficient (Wildman–Crippen LogP) is 4.41. The van der Waals surface area contributed by atoms with Gasteiger partial charge < -0.3 is 19.6 Å². The lowest BCUT2D eigenvalue weighted by Gasteiger charge is -2.21. The van der Waals surface area contributed by atoms with Crippen LogP contribution in [0.5, 0.6) is 5.75 Å². The van der Waals surface area contributed by atoms with Crippen molar-refractivity contribution < 1.29 is 19.4 Å². The molecule has 0 fully saturated rings. The molecule has 0 radical (unpaired) electrons. The number of carbonyl (C=O) groups is 2. The van der Waals surface area contributed by atoms with Crippen molar-refractivity contribution in [2.45, 2.75) is 6.42 Å². The van der Waals surface area contributed by atoms with Crippen LogP contribution in [0.4, 0.5) is 0 Å². The zero-order chi connectivity index (χ0) is 23.8. The number of fused-ring (bicyclic) bond motifs is 1. The summed E-state index contributed by atoms with van der Waals surface area (Å²) in [7, 11) is 5.80. The maximum absolute atomic E-state index is 13.3. The average Bonchev–Trinajstić information content (AvgIpc) is 2.81. The van der Waals surface area contributed by atoms with Crippen LogP contribution in [0.2, 0.25) is 0 Å². The minimum atomic E-state index is -0.984. The van der Waals surface area contributed by atoms with E-state index in [1.807, 2.05) is 56.6 Å². The number of nitrogens with zero attached hydrogens (tertiary/aromatic N) is 2. The van der Waals surface area contributed by atoms with Crippen LogP contribution in [0.25, 0.3) is 16.8 Å². The number of benzene rings is 3. The molecular weight excluding hydrogens is 416 g/mol. The molecule has 33 heavy (non-hydrogen) atoms. The van der Waals surface area contributed by atoms with Gasteiger partial charge in [0.15, 0.2) is 0 Å². The van der Waals surface area contributed by atoms with E-state index < -0.39 is 5.97 Å². The van der Waals surface area contributed by atoms with E-state index in [1.54, 1.807) is 30.2 Å². The molecule has 0 aliphatic carbocycles. The molecule has 6 heteroatoms. The van der Waals surface area contributed by atoms with Gasteiger partial charge in [0, 0.05) is 19.0 Å². The minimum absolute atomic E-state index is 0.103. The summed E-state index contributed by atoms with van der Waals surface area (Å²) in [6, 6.07) is 20.2. The van der Waals surface area contributed by atoms with Gasteiger partial charge in [-0.05, 0) is 62.3 Å². The lowest BCUT2D eigenvalue weighted by Crippen LogP contribution is -2.32. The molecule has 0 aliphatic heterocycles. The molecule has 0 spiro atoms. The second-order valence-electron chi connectivity index (χ2n) is 8.25. The third-order valence-corrected chi connectivity index (χ3v) is 5.35. The van der Waals surface area contributed by atoms with Crippen molar-refractivity contribution in [3.63, 3.8) is 0 Å². The van der Waals surface area contributed by atoms with E-state index in [0.29, 0.717) is 17.9 Å². The van der Waals surface area contributed by atoms with Gasteiger partial charge >= 0.3 is 5.97 Å². The van der Waals surface area contributed by atoms with Crippen LogP contribution in [-0.4, -0.2) is 67.6 Å². The van der Waals surface area contributed by atoms with Gasteiger partial charge in [-0.25, -0.2) is 4.79 Å². The normalized spacial score (nSPS) is 11.6. The van der Waals surface area contributed by atoms with E-state index in [-0.39, 0.29) is 18.1 Å². The molecule has 0 bridgehead atoms. The van der Waals surface area contributed by atoms with Crippen LogP contribution in [-0.2, 0) is 4.79 Å². The van der Waals surface area contributed by atoms with E-state index >= 15 is 0 Å². The largest absolute Gasteiger partial charge is 0.488 e. The number of carbonyl (C=O) groups excluding carboxylic acids is 1. The average molecular weight is 447 g/mol. The first-order chi connectivity index (χ1) is 15.8. The van der Waals surface area contributed by atoms with Crippen LogP contribution in [0.1, 0.15) is 22.3 Å². The van der Waals surface area contributed by atoms with Crippen molar-refractivity contribution in [3.05, 3.63) is 83.4 Å². The number of ether oxygens (including phenoxy) is 1. The summed E-state index contributed by atoms with van der Waals surface area (Å²) >= 11 is 0. The highest BCUT2D eigenvalue weighted by Gasteiger charge is 2.16. The monoisotopic (exact) mass is 446 g/mol. The molecule has 0 aromatic heterocycles. The highest BCUT2D eigenvalue weighted by Crippen LogP contribution is 2.26. The number of carboxylic acid groups (broad SMARTS) is 1. The zero-order valence-corrected chi connectivity index (χ0v) is 19.3. The van der Waals surface area contributed by atoms with Gasteiger partial charge in [-0.3, -0.25) is 4.79 Å². The summed E-state index contributed by atoms with van der Waals surface area (Å²) in [6.07, 6.45) is 2.63. The Morgan fingerprint density at radius 1 is 0.909 bits per heavy atom. The Bertz CT molecular complexity index is 1130. The van der Waals surface area contributed by atoms with Crippen LogP contribution in [0.3, 0.4) is 0 Å². The number of amides is 1. The van der Waals surface area contributed by atoms with Gasteiger partial charge in [0.25, 0.3) is 5.91 Å². The minimum Gasteiger partial charge on any atom is -0.488 e. The quantitative estimate of drug-likeness (QED) is 0.467. The number of carboxylic acids is 1. The molecule has 3 rings (SSSR count). The fourth-order valence-electron chi connectivity index (χ4n) is 3.54. The SMILES string of the molecule is CN(C)CCCN(C)C(=O)C(=Cc1ccc(C(=O)O)cc1)COc1cccc2ccccc12. The van der Waals surface area contributed by atoms with Gasteiger partial charge in [-0.15, -0.1) is 0 Å². The van der Waals surface area contributed by atoms with E-state index in [1.165, 1.54) is 12.1 Å². The second kappa shape index (κ2) is 11.3. The van der Waals surface area contributed by atoms with Crippen LogP contribution in [0.15, 0.2) is 72.3 Å².